The molecule has 1 fully saturated rings. The monoisotopic (exact) mass is 494 g/mol. The van der Waals surface area contributed by atoms with Gasteiger partial charge in [0.2, 0.25) is 17.6 Å². The van der Waals surface area contributed by atoms with Crippen LogP contribution in [0.15, 0.2) is 47.0 Å². The summed E-state index contributed by atoms with van der Waals surface area (Å²) in [5, 5.41) is 7.20. The van der Waals surface area contributed by atoms with E-state index >= 15 is 0 Å². The molecule has 0 aliphatic carbocycles. The largest absolute Gasteiger partial charge is 0.493 e. The van der Waals surface area contributed by atoms with Crippen molar-refractivity contribution < 1.29 is 23.5 Å². The van der Waals surface area contributed by atoms with Crippen molar-refractivity contribution in [2.24, 2.45) is 5.92 Å². The van der Waals surface area contributed by atoms with Crippen LogP contribution < -0.4 is 19.5 Å². The normalized spacial score (nSPS) is 16.1. The fraction of sp³-hybridized carbons (Fsp3) is 0.444. The van der Waals surface area contributed by atoms with Gasteiger partial charge < -0.3 is 24.1 Å². The summed E-state index contributed by atoms with van der Waals surface area (Å²) < 4.78 is 21.8. The number of hydrogen-bond acceptors (Lipinski definition) is 8. The van der Waals surface area contributed by atoms with Crippen molar-refractivity contribution in [2.75, 3.05) is 27.3 Å². The van der Waals surface area contributed by atoms with Crippen LogP contribution in [0, 0.1) is 5.92 Å². The van der Waals surface area contributed by atoms with Crippen LogP contribution in [-0.2, 0) is 17.9 Å². The van der Waals surface area contributed by atoms with E-state index in [1.165, 1.54) is 0 Å². The number of rotatable bonds is 10. The van der Waals surface area contributed by atoms with E-state index in [4.69, 9.17) is 18.7 Å². The Morgan fingerprint density at radius 1 is 1.14 bits per heavy atom. The van der Waals surface area contributed by atoms with Gasteiger partial charge in [-0.3, -0.25) is 9.69 Å². The van der Waals surface area contributed by atoms with Crippen LogP contribution in [0.5, 0.6) is 17.2 Å². The molecule has 0 spiro atoms. The summed E-state index contributed by atoms with van der Waals surface area (Å²) in [5.41, 5.74) is 1.82. The molecule has 2 aromatic carbocycles. The molecule has 2 heterocycles. The van der Waals surface area contributed by atoms with Gasteiger partial charge in [0.25, 0.3) is 0 Å². The molecule has 0 bridgehead atoms. The van der Waals surface area contributed by atoms with Crippen LogP contribution in [0.3, 0.4) is 0 Å². The number of carbonyl (C=O) groups excluding carboxylic acids is 1. The van der Waals surface area contributed by atoms with Crippen molar-refractivity contribution in [2.45, 2.75) is 45.9 Å². The maximum absolute atomic E-state index is 12.8. The van der Waals surface area contributed by atoms with Crippen LogP contribution in [0.2, 0.25) is 0 Å². The molecular formula is C27H34N4O5. The van der Waals surface area contributed by atoms with Crippen molar-refractivity contribution in [3.8, 4) is 28.6 Å². The highest BCUT2D eigenvalue weighted by Crippen LogP contribution is 2.31. The van der Waals surface area contributed by atoms with E-state index in [9.17, 15) is 4.79 Å². The molecular weight excluding hydrogens is 460 g/mol. The second kappa shape index (κ2) is 11.9. The van der Waals surface area contributed by atoms with E-state index in [0.29, 0.717) is 42.8 Å². The molecule has 1 aliphatic heterocycles. The van der Waals surface area contributed by atoms with Crippen LogP contribution in [-0.4, -0.2) is 54.4 Å². The third-order valence-corrected chi connectivity index (χ3v) is 6.11. The van der Waals surface area contributed by atoms with Crippen molar-refractivity contribution in [3.63, 3.8) is 0 Å². The molecule has 192 valence electrons. The highest BCUT2D eigenvalue weighted by molar-refractivity contribution is 5.79. The number of piperidine rings is 1. The van der Waals surface area contributed by atoms with Gasteiger partial charge in [-0.15, -0.1) is 0 Å². The minimum atomic E-state index is -0.0736. The molecule has 1 saturated heterocycles. The number of nitrogens with zero attached hydrogens (tertiary/aromatic N) is 3. The fourth-order valence-corrected chi connectivity index (χ4v) is 4.31. The summed E-state index contributed by atoms with van der Waals surface area (Å²) in [6.07, 6.45) is 1.94. The molecule has 0 saturated carbocycles. The minimum Gasteiger partial charge on any atom is -0.493 e. The lowest BCUT2D eigenvalue weighted by molar-refractivity contribution is -0.127. The minimum absolute atomic E-state index is 0.0683. The number of ether oxygens (including phenoxy) is 3. The predicted octanol–water partition coefficient (Wildman–Crippen LogP) is 4.07. The van der Waals surface area contributed by atoms with Gasteiger partial charge in [0.1, 0.15) is 5.75 Å². The first-order chi connectivity index (χ1) is 17.4. The lowest BCUT2D eigenvalue weighted by Gasteiger charge is -2.30. The maximum atomic E-state index is 12.8. The maximum Gasteiger partial charge on any atom is 0.241 e. The summed E-state index contributed by atoms with van der Waals surface area (Å²) in [5.74, 6) is 3.07. The van der Waals surface area contributed by atoms with Gasteiger partial charge in [-0.1, -0.05) is 17.3 Å². The SMILES string of the molecule is COc1ccc(-c2noc(CN3CCCC(C(=O)NCc4ccc(OC(C)C)cc4)C3)n2)cc1OC. The molecule has 4 rings (SSSR count). The van der Waals surface area contributed by atoms with E-state index in [-0.39, 0.29) is 17.9 Å². The number of carbonyl (C=O) groups is 1. The summed E-state index contributed by atoms with van der Waals surface area (Å²) in [4.78, 5) is 19.6. The first-order valence-electron chi connectivity index (χ1n) is 12.3. The van der Waals surface area contributed by atoms with E-state index in [1.54, 1.807) is 14.2 Å². The summed E-state index contributed by atoms with van der Waals surface area (Å²) >= 11 is 0. The van der Waals surface area contributed by atoms with Crippen molar-refractivity contribution in [1.29, 1.82) is 0 Å². The van der Waals surface area contributed by atoms with E-state index < -0.39 is 0 Å². The Bertz CT molecular complexity index is 1150. The van der Waals surface area contributed by atoms with Gasteiger partial charge in [0, 0.05) is 18.7 Å². The van der Waals surface area contributed by atoms with Crippen molar-refractivity contribution in [3.05, 3.63) is 53.9 Å². The zero-order valence-electron chi connectivity index (χ0n) is 21.3. The lowest BCUT2D eigenvalue weighted by Crippen LogP contribution is -2.42. The van der Waals surface area contributed by atoms with Gasteiger partial charge in [-0.2, -0.15) is 4.98 Å². The Balaban J connectivity index is 1.30. The van der Waals surface area contributed by atoms with Crippen molar-refractivity contribution in [1.82, 2.24) is 20.4 Å². The number of nitrogens with one attached hydrogen (secondary N) is 1. The molecule has 1 unspecified atom stereocenters. The Morgan fingerprint density at radius 3 is 2.64 bits per heavy atom. The first-order valence-corrected chi connectivity index (χ1v) is 12.3. The van der Waals surface area contributed by atoms with E-state index in [0.717, 1.165) is 36.3 Å². The van der Waals surface area contributed by atoms with Gasteiger partial charge in [-0.05, 0) is 69.1 Å². The number of aromatic nitrogens is 2. The number of methoxy groups -OCH3 is 2. The third-order valence-electron chi connectivity index (χ3n) is 6.11. The molecule has 1 N–H and O–H groups in total. The molecule has 1 amide bonds. The van der Waals surface area contributed by atoms with Crippen molar-refractivity contribution >= 4 is 5.91 Å². The Kier molecular flexibility index (Phi) is 8.43. The van der Waals surface area contributed by atoms with Crippen LogP contribution >= 0.6 is 0 Å². The second-order valence-electron chi connectivity index (χ2n) is 9.18. The lowest BCUT2D eigenvalue weighted by atomic mass is 9.97. The zero-order chi connectivity index (χ0) is 25.5. The standard InChI is InChI=1S/C27H34N4O5/c1-18(2)35-22-10-7-19(8-11-22)15-28-27(32)21-6-5-13-31(16-21)17-25-29-26(30-36-25)20-9-12-23(33-3)24(14-20)34-4/h7-12,14,18,21H,5-6,13,15-17H2,1-4H3,(H,28,32). The Morgan fingerprint density at radius 2 is 1.92 bits per heavy atom. The zero-order valence-corrected chi connectivity index (χ0v) is 21.3. The Hall–Kier alpha value is -3.59. The van der Waals surface area contributed by atoms with Crippen LogP contribution in [0.1, 0.15) is 38.1 Å². The van der Waals surface area contributed by atoms with Gasteiger partial charge in [0.05, 0.1) is 32.8 Å². The fourth-order valence-electron chi connectivity index (χ4n) is 4.31. The van der Waals surface area contributed by atoms with Crippen LogP contribution in [0.4, 0.5) is 0 Å². The topological polar surface area (TPSA) is 99.0 Å². The number of amides is 1. The predicted molar refractivity (Wildman–Crippen MR) is 135 cm³/mol. The molecule has 1 aromatic heterocycles. The molecule has 0 radical (unpaired) electrons. The molecule has 3 aromatic rings. The molecule has 36 heavy (non-hydrogen) atoms. The Labute approximate surface area is 211 Å². The molecule has 1 aliphatic rings. The smallest absolute Gasteiger partial charge is 0.241 e. The summed E-state index contributed by atoms with van der Waals surface area (Å²) in [6, 6.07) is 13.3. The van der Waals surface area contributed by atoms with Crippen LogP contribution in [0.25, 0.3) is 11.4 Å². The highest BCUT2D eigenvalue weighted by Gasteiger charge is 2.27. The average molecular weight is 495 g/mol. The number of likely N-dealkylation sites (tertiary alicyclic amines) is 1. The number of benzene rings is 2. The van der Waals surface area contributed by atoms with E-state index in [2.05, 4.69) is 20.4 Å². The quantitative estimate of drug-likeness (QED) is 0.450. The second-order valence-corrected chi connectivity index (χ2v) is 9.18. The third kappa shape index (κ3) is 6.54. The number of hydrogen-bond donors (Lipinski definition) is 1. The van der Waals surface area contributed by atoms with E-state index in [1.807, 2.05) is 56.3 Å². The molecule has 9 nitrogen and oxygen atoms in total. The van der Waals surface area contributed by atoms with Gasteiger partial charge in [-0.25, -0.2) is 0 Å². The van der Waals surface area contributed by atoms with Gasteiger partial charge >= 0.3 is 0 Å². The average Bonchev–Trinajstić information content (AvgIpc) is 3.36. The summed E-state index contributed by atoms with van der Waals surface area (Å²) in [7, 11) is 3.18. The first kappa shape index (κ1) is 25.5. The molecule has 9 heteroatoms. The highest BCUT2D eigenvalue weighted by atomic mass is 16.5. The van der Waals surface area contributed by atoms with Gasteiger partial charge in [0.15, 0.2) is 11.5 Å². The molecule has 1 atom stereocenters. The summed E-state index contributed by atoms with van der Waals surface area (Å²) in [6.45, 7) is 6.53.